The third-order valence-corrected chi connectivity index (χ3v) is 3.35. The third-order valence-electron chi connectivity index (χ3n) is 3.35. The Bertz CT molecular complexity index is 771. The number of nitrogens with one attached hydrogen (secondary N) is 1. The molecule has 94 valence electrons. The maximum absolute atomic E-state index is 12.6. The molecule has 2 aromatic heterocycles. The highest BCUT2D eigenvalue weighted by Crippen LogP contribution is 2.22. The lowest BCUT2D eigenvalue weighted by molar-refractivity contribution is 0.103. The largest absolute Gasteiger partial charge is 0.360 e. The standard InChI is InChI=1S/C16H14N2O/c1-10-3-4-12(11(2)7-10)16(19)14-9-18-15-5-6-17-8-13(14)15/h3-9,18H,1-2H3. The molecule has 0 atom stereocenters. The van der Waals surface area contributed by atoms with Gasteiger partial charge in [-0.2, -0.15) is 0 Å². The van der Waals surface area contributed by atoms with Crippen LogP contribution in [0.5, 0.6) is 0 Å². The third kappa shape index (κ3) is 1.93. The zero-order valence-electron chi connectivity index (χ0n) is 10.9. The van der Waals surface area contributed by atoms with Crippen LogP contribution in [0.2, 0.25) is 0 Å². The highest BCUT2D eigenvalue weighted by Gasteiger charge is 2.15. The number of benzene rings is 1. The summed E-state index contributed by atoms with van der Waals surface area (Å²) in [5.74, 6) is 0.0387. The Morgan fingerprint density at radius 2 is 2.00 bits per heavy atom. The van der Waals surface area contributed by atoms with Gasteiger partial charge in [-0.1, -0.05) is 23.8 Å². The smallest absolute Gasteiger partial charge is 0.195 e. The topological polar surface area (TPSA) is 45.8 Å². The van der Waals surface area contributed by atoms with Crippen molar-refractivity contribution in [2.45, 2.75) is 13.8 Å². The second kappa shape index (κ2) is 4.35. The van der Waals surface area contributed by atoms with Gasteiger partial charge >= 0.3 is 0 Å². The number of hydrogen-bond donors (Lipinski definition) is 1. The lowest BCUT2D eigenvalue weighted by atomic mass is 9.98. The maximum atomic E-state index is 12.6. The van der Waals surface area contributed by atoms with E-state index < -0.39 is 0 Å². The molecule has 19 heavy (non-hydrogen) atoms. The molecule has 0 aliphatic heterocycles. The first-order valence-corrected chi connectivity index (χ1v) is 6.20. The van der Waals surface area contributed by atoms with E-state index in [1.807, 2.05) is 38.1 Å². The summed E-state index contributed by atoms with van der Waals surface area (Å²) in [5.41, 5.74) is 4.52. The number of H-pyrrole nitrogens is 1. The summed E-state index contributed by atoms with van der Waals surface area (Å²) in [6.45, 7) is 3.99. The van der Waals surface area contributed by atoms with E-state index in [-0.39, 0.29) is 5.78 Å². The molecule has 0 fully saturated rings. The van der Waals surface area contributed by atoms with Crippen molar-refractivity contribution in [1.29, 1.82) is 0 Å². The highest BCUT2D eigenvalue weighted by atomic mass is 16.1. The Hall–Kier alpha value is -2.42. The first kappa shape index (κ1) is 11.7. The normalized spacial score (nSPS) is 10.8. The number of ketones is 1. The lowest BCUT2D eigenvalue weighted by Crippen LogP contribution is -2.03. The number of hydrogen-bond acceptors (Lipinski definition) is 2. The van der Waals surface area contributed by atoms with Crippen molar-refractivity contribution in [3.63, 3.8) is 0 Å². The summed E-state index contributed by atoms with van der Waals surface area (Å²) in [5, 5.41) is 0.868. The number of carbonyl (C=O) groups excluding carboxylic acids is 1. The van der Waals surface area contributed by atoms with Gasteiger partial charge in [0, 0.05) is 40.6 Å². The van der Waals surface area contributed by atoms with Crippen molar-refractivity contribution in [2.24, 2.45) is 0 Å². The summed E-state index contributed by atoms with van der Waals surface area (Å²) in [6, 6.07) is 7.75. The van der Waals surface area contributed by atoms with E-state index in [0.717, 1.165) is 27.6 Å². The van der Waals surface area contributed by atoms with Gasteiger partial charge in [-0.15, -0.1) is 0 Å². The molecule has 3 nitrogen and oxygen atoms in total. The summed E-state index contributed by atoms with van der Waals surface area (Å²) in [7, 11) is 0. The predicted molar refractivity (Wildman–Crippen MR) is 75.4 cm³/mol. The quantitative estimate of drug-likeness (QED) is 0.708. The van der Waals surface area contributed by atoms with Crippen molar-refractivity contribution in [3.05, 3.63) is 65.1 Å². The van der Waals surface area contributed by atoms with Crippen molar-refractivity contribution in [2.75, 3.05) is 0 Å². The summed E-state index contributed by atoms with van der Waals surface area (Å²) < 4.78 is 0. The molecule has 3 aromatic rings. The van der Waals surface area contributed by atoms with E-state index in [1.165, 1.54) is 0 Å². The Labute approximate surface area is 111 Å². The number of aromatic amines is 1. The van der Waals surface area contributed by atoms with Crippen LogP contribution >= 0.6 is 0 Å². The molecule has 1 N–H and O–H groups in total. The molecule has 0 unspecified atom stereocenters. The fourth-order valence-electron chi connectivity index (χ4n) is 2.36. The highest BCUT2D eigenvalue weighted by molar-refractivity contribution is 6.16. The lowest BCUT2D eigenvalue weighted by Gasteiger charge is -2.05. The Morgan fingerprint density at radius 3 is 2.79 bits per heavy atom. The van der Waals surface area contributed by atoms with Crippen molar-refractivity contribution in [1.82, 2.24) is 9.97 Å². The number of aromatic nitrogens is 2. The van der Waals surface area contributed by atoms with Crippen molar-refractivity contribution >= 4 is 16.7 Å². The average molecular weight is 250 g/mol. The minimum Gasteiger partial charge on any atom is -0.360 e. The van der Waals surface area contributed by atoms with Crippen molar-refractivity contribution < 1.29 is 4.79 Å². The van der Waals surface area contributed by atoms with E-state index in [2.05, 4.69) is 9.97 Å². The molecule has 0 saturated carbocycles. The van der Waals surface area contributed by atoms with Crippen LogP contribution in [0.4, 0.5) is 0 Å². The first-order valence-electron chi connectivity index (χ1n) is 6.20. The monoisotopic (exact) mass is 250 g/mol. The van der Waals surface area contributed by atoms with Crippen LogP contribution in [0.15, 0.2) is 42.9 Å². The molecule has 0 aliphatic rings. The number of fused-ring (bicyclic) bond motifs is 1. The Morgan fingerprint density at radius 1 is 1.16 bits per heavy atom. The fourth-order valence-corrected chi connectivity index (χ4v) is 2.36. The molecule has 3 heteroatoms. The van der Waals surface area contributed by atoms with Crippen LogP contribution in [0.1, 0.15) is 27.0 Å². The van der Waals surface area contributed by atoms with Gasteiger partial charge in [-0.25, -0.2) is 0 Å². The van der Waals surface area contributed by atoms with Crippen molar-refractivity contribution in [3.8, 4) is 0 Å². The van der Waals surface area contributed by atoms with E-state index in [0.29, 0.717) is 5.56 Å². The number of rotatable bonds is 2. The van der Waals surface area contributed by atoms with Gasteiger partial charge < -0.3 is 4.98 Å². The molecular formula is C16H14N2O. The zero-order valence-corrected chi connectivity index (χ0v) is 10.9. The van der Waals surface area contributed by atoms with Crippen LogP contribution < -0.4 is 0 Å². The van der Waals surface area contributed by atoms with Gasteiger partial charge in [0.15, 0.2) is 5.78 Å². The van der Waals surface area contributed by atoms with Gasteiger partial charge in [-0.3, -0.25) is 9.78 Å². The van der Waals surface area contributed by atoms with Crippen LogP contribution in [0.3, 0.4) is 0 Å². The fraction of sp³-hybridized carbons (Fsp3) is 0.125. The van der Waals surface area contributed by atoms with Crippen LogP contribution in [-0.2, 0) is 0 Å². The Balaban J connectivity index is 2.13. The van der Waals surface area contributed by atoms with E-state index in [1.54, 1.807) is 18.6 Å². The van der Waals surface area contributed by atoms with E-state index in [9.17, 15) is 4.79 Å². The molecule has 0 amide bonds. The number of carbonyl (C=O) groups is 1. The van der Waals surface area contributed by atoms with Crippen LogP contribution in [0, 0.1) is 13.8 Å². The summed E-state index contributed by atoms with van der Waals surface area (Å²) in [6.07, 6.45) is 5.20. The SMILES string of the molecule is Cc1ccc(C(=O)c2c[nH]c3ccncc23)c(C)c1. The summed E-state index contributed by atoms with van der Waals surface area (Å²) >= 11 is 0. The second-order valence-electron chi connectivity index (χ2n) is 4.77. The first-order chi connectivity index (χ1) is 9.16. The van der Waals surface area contributed by atoms with Crippen LogP contribution in [0.25, 0.3) is 10.9 Å². The number of aryl methyl sites for hydroxylation is 2. The van der Waals surface area contributed by atoms with Gasteiger partial charge in [0.05, 0.1) is 0 Å². The summed E-state index contributed by atoms with van der Waals surface area (Å²) in [4.78, 5) is 19.8. The number of nitrogens with zero attached hydrogens (tertiary/aromatic N) is 1. The minimum absolute atomic E-state index is 0.0387. The van der Waals surface area contributed by atoms with Gasteiger partial charge in [-0.05, 0) is 25.5 Å². The second-order valence-corrected chi connectivity index (χ2v) is 4.77. The van der Waals surface area contributed by atoms with Gasteiger partial charge in [0.25, 0.3) is 0 Å². The number of pyridine rings is 1. The van der Waals surface area contributed by atoms with E-state index >= 15 is 0 Å². The predicted octanol–water partition coefficient (Wildman–Crippen LogP) is 3.41. The zero-order chi connectivity index (χ0) is 13.4. The molecule has 0 radical (unpaired) electrons. The molecule has 0 bridgehead atoms. The molecule has 0 saturated heterocycles. The molecule has 0 spiro atoms. The average Bonchev–Trinajstić information content (AvgIpc) is 2.82. The Kier molecular flexibility index (Phi) is 2.67. The maximum Gasteiger partial charge on any atom is 0.195 e. The van der Waals surface area contributed by atoms with Gasteiger partial charge in [0.1, 0.15) is 0 Å². The molecule has 1 aromatic carbocycles. The van der Waals surface area contributed by atoms with E-state index in [4.69, 9.17) is 0 Å². The molecule has 0 aliphatic carbocycles. The molecular weight excluding hydrogens is 236 g/mol. The molecule has 3 rings (SSSR count). The molecule has 2 heterocycles. The van der Waals surface area contributed by atoms with Gasteiger partial charge in [0.2, 0.25) is 0 Å². The van der Waals surface area contributed by atoms with Crippen LogP contribution in [-0.4, -0.2) is 15.8 Å². The minimum atomic E-state index is 0.0387.